The molecule has 3 aromatic rings. The lowest BCUT2D eigenvalue weighted by Gasteiger charge is -2.23. The van der Waals surface area contributed by atoms with Gasteiger partial charge in [-0.05, 0) is 49.3 Å². The van der Waals surface area contributed by atoms with E-state index in [2.05, 4.69) is 45.6 Å². The van der Waals surface area contributed by atoms with Gasteiger partial charge in [0, 0.05) is 36.9 Å². The Bertz CT molecular complexity index is 993. The molecule has 0 aliphatic carbocycles. The third-order valence-electron chi connectivity index (χ3n) is 5.72. The van der Waals surface area contributed by atoms with Crippen molar-refractivity contribution in [1.29, 1.82) is 0 Å². The minimum absolute atomic E-state index is 0.489. The Balaban J connectivity index is 1.65. The predicted molar refractivity (Wildman–Crippen MR) is 119 cm³/mol. The van der Waals surface area contributed by atoms with Gasteiger partial charge < -0.3 is 14.6 Å². The lowest BCUT2D eigenvalue weighted by molar-refractivity contribution is -0.110. The van der Waals surface area contributed by atoms with Crippen molar-refractivity contribution >= 4 is 28.8 Å². The number of aryl methyl sites for hydroxylation is 1. The first-order chi connectivity index (χ1) is 14.7. The highest BCUT2D eigenvalue weighted by Crippen LogP contribution is 2.33. The first-order valence-corrected chi connectivity index (χ1v) is 11.3. The SMILES string of the molecule is CCc1cccc2c(-c3nsc(CN(C)CNC=O)n3)cn(CC3CCOCC3)c12. The first-order valence-electron chi connectivity index (χ1n) is 10.6. The molecule has 1 fully saturated rings. The molecule has 2 aromatic heterocycles. The van der Waals surface area contributed by atoms with E-state index in [1.54, 1.807) is 0 Å². The second-order valence-corrected chi connectivity index (χ2v) is 8.76. The van der Waals surface area contributed by atoms with Crippen molar-refractivity contribution < 1.29 is 9.53 Å². The smallest absolute Gasteiger partial charge is 0.208 e. The Morgan fingerprint density at radius 3 is 2.97 bits per heavy atom. The van der Waals surface area contributed by atoms with E-state index >= 15 is 0 Å². The van der Waals surface area contributed by atoms with Gasteiger partial charge in [0.2, 0.25) is 6.41 Å². The zero-order valence-corrected chi connectivity index (χ0v) is 18.5. The van der Waals surface area contributed by atoms with Crippen LogP contribution in [0, 0.1) is 5.92 Å². The molecule has 3 heterocycles. The summed E-state index contributed by atoms with van der Waals surface area (Å²) in [4.78, 5) is 17.3. The van der Waals surface area contributed by atoms with E-state index in [0.29, 0.717) is 25.5 Å². The van der Waals surface area contributed by atoms with Crippen LogP contribution in [0.3, 0.4) is 0 Å². The number of para-hydroxylation sites is 1. The summed E-state index contributed by atoms with van der Waals surface area (Å²) in [6, 6.07) is 6.54. The quantitative estimate of drug-likeness (QED) is 0.419. The van der Waals surface area contributed by atoms with Crippen molar-refractivity contribution in [2.75, 3.05) is 26.9 Å². The van der Waals surface area contributed by atoms with E-state index < -0.39 is 0 Å². The number of nitrogens with one attached hydrogen (secondary N) is 1. The Morgan fingerprint density at radius 1 is 1.37 bits per heavy atom. The van der Waals surface area contributed by atoms with Crippen LogP contribution in [0.25, 0.3) is 22.3 Å². The number of rotatable bonds is 9. The Morgan fingerprint density at radius 2 is 2.20 bits per heavy atom. The molecule has 4 rings (SSSR count). The fraction of sp³-hybridized carbons (Fsp3) is 0.500. The maximum absolute atomic E-state index is 10.5. The minimum Gasteiger partial charge on any atom is -0.381 e. The van der Waals surface area contributed by atoms with Crippen LogP contribution in [-0.4, -0.2) is 52.2 Å². The van der Waals surface area contributed by atoms with Crippen LogP contribution in [0.5, 0.6) is 0 Å². The lowest BCUT2D eigenvalue weighted by atomic mass is 10.00. The zero-order chi connectivity index (χ0) is 20.9. The Hall–Kier alpha value is -2.29. The largest absolute Gasteiger partial charge is 0.381 e. The monoisotopic (exact) mass is 427 g/mol. The Labute approximate surface area is 181 Å². The lowest BCUT2D eigenvalue weighted by Crippen LogP contribution is -2.29. The fourth-order valence-electron chi connectivity index (χ4n) is 4.16. The van der Waals surface area contributed by atoms with E-state index in [4.69, 9.17) is 9.72 Å². The van der Waals surface area contributed by atoms with Gasteiger partial charge >= 0.3 is 0 Å². The van der Waals surface area contributed by atoms with Gasteiger partial charge in [0.25, 0.3) is 0 Å². The summed E-state index contributed by atoms with van der Waals surface area (Å²) < 4.78 is 12.6. The van der Waals surface area contributed by atoms with Gasteiger partial charge in [-0.25, -0.2) is 4.98 Å². The van der Waals surface area contributed by atoms with Crippen molar-refractivity contribution in [1.82, 2.24) is 24.1 Å². The van der Waals surface area contributed by atoms with Crippen molar-refractivity contribution in [2.45, 2.75) is 39.3 Å². The molecule has 1 saturated heterocycles. The molecule has 1 N–H and O–H groups in total. The molecule has 0 bridgehead atoms. The molecule has 8 heteroatoms. The van der Waals surface area contributed by atoms with Crippen LogP contribution < -0.4 is 5.32 Å². The average Bonchev–Trinajstić information content (AvgIpc) is 3.37. The maximum atomic E-state index is 10.5. The average molecular weight is 428 g/mol. The van der Waals surface area contributed by atoms with Gasteiger partial charge in [-0.2, -0.15) is 4.37 Å². The molecule has 7 nitrogen and oxygen atoms in total. The molecule has 0 saturated carbocycles. The predicted octanol–water partition coefficient (Wildman–Crippen LogP) is 3.28. The van der Waals surface area contributed by atoms with Gasteiger partial charge in [-0.3, -0.25) is 9.69 Å². The summed E-state index contributed by atoms with van der Waals surface area (Å²) in [5, 5.41) is 4.84. The molecule has 1 aromatic carbocycles. The maximum Gasteiger partial charge on any atom is 0.208 e. The number of amides is 1. The van der Waals surface area contributed by atoms with Crippen molar-refractivity contribution in [3.8, 4) is 11.4 Å². The number of aromatic nitrogens is 3. The summed E-state index contributed by atoms with van der Waals surface area (Å²) in [5.41, 5.74) is 3.77. The summed E-state index contributed by atoms with van der Waals surface area (Å²) in [7, 11) is 1.95. The van der Waals surface area contributed by atoms with Crippen LogP contribution >= 0.6 is 11.5 Å². The minimum atomic E-state index is 0.489. The van der Waals surface area contributed by atoms with Gasteiger partial charge in [-0.1, -0.05) is 25.1 Å². The number of ether oxygens (including phenoxy) is 1. The molecule has 1 amide bonds. The van der Waals surface area contributed by atoms with Crippen molar-refractivity contribution in [3.05, 3.63) is 35.0 Å². The van der Waals surface area contributed by atoms with Crippen LogP contribution in [-0.2, 0) is 29.0 Å². The molecule has 0 radical (unpaired) electrons. The normalized spacial score (nSPS) is 15.2. The van der Waals surface area contributed by atoms with E-state index in [0.717, 1.165) is 55.4 Å². The number of fused-ring (bicyclic) bond motifs is 1. The van der Waals surface area contributed by atoms with E-state index in [1.165, 1.54) is 28.0 Å². The molecule has 0 atom stereocenters. The summed E-state index contributed by atoms with van der Waals surface area (Å²) in [5.74, 6) is 1.43. The third-order valence-corrected chi connectivity index (χ3v) is 6.41. The number of hydrogen-bond donors (Lipinski definition) is 1. The zero-order valence-electron chi connectivity index (χ0n) is 17.6. The molecule has 0 spiro atoms. The molecular weight excluding hydrogens is 398 g/mol. The van der Waals surface area contributed by atoms with Crippen molar-refractivity contribution in [3.63, 3.8) is 0 Å². The van der Waals surface area contributed by atoms with E-state index in [9.17, 15) is 4.79 Å². The van der Waals surface area contributed by atoms with E-state index in [1.807, 2.05) is 11.9 Å². The number of carbonyl (C=O) groups is 1. The number of carbonyl (C=O) groups excluding carboxylic acids is 1. The molecule has 1 aliphatic rings. The first kappa shape index (κ1) is 21.0. The van der Waals surface area contributed by atoms with Crippen LogP contribution in [0.1, 0.15) is 30.3 Å². The molecule has 1 aliphatic heterocycles. The summed E-state index contributed by atoms with van der Waals surface area (Å²) in [6.07, 6.45) is 6.18. The number of nitrogens with zero attached hydrogens (tertiary/aromatic N) is 4. The van der Waals surface area contributed by atoms with Crippen LogP contribution in [0.4, 0.5) is 0 Å². The third kappa shape index (κ3) is 4.55. The molecular formula is C22H29N5O2S. The molecule has 30 heavy (non-hydrogen) atoms. The van der Waals surface area contributed by atoms with E-state index in [-0.39, 0.29) is 0 Å². The van der Waals surface area contributed by atoms with Crippen LogP contribution in [0.15, 0.2) is 24.4 Å². The van der Waals surface area contributed by atoms with Crippen molar-refractivity contribution in [2.24, 2.45) is 5.92 Å². The molecule has 160 valence electrons. The highest BCUT2D eigenvalue weighted by molar-refractivity contribution is 7.05. The topological polar surface area (TPSA) is 72.3 Å². The van der Waals surface area contributed by atoms with Crippen LogP contribution in [0.2, 0.25) is 0 Å². The second kappa shape index (κ2) is 9.68. The standard InChI is InChI=1S/C22H29N5O2S/c1-3-17-5-4-6-18-19(12-27(21(17)18)11-16-7-9-29-10-8-16)22-24-20(30-25-22)13-26(2)14-23-15-28/h4-6,12,15-16H,3,7-11,13-14H2,1-2H3,(H,23,28). The highest BCUT2D eigenvalue weighted by atomic mass is 32.1. The highest BCUT2D eigenvalue weighted by Gasteiger charge is 2.20. The molecule has 0 unspecified atom stereocenters. The summed E-state index contributed by atoms with van der Waals surface area (Å²) in [6.45, 7) is 6.08. The fourth-order valence-corrected chi connectivity index (χ4v) is 4.90. The van der Waals surface area contributed by atoms with Gasteiger partial charge in [0.1, 0.15) is 5.01 Å². The Kier molecular flexibility index (Phi) is 6.76. The second-order valence-electron chi connectivity index (χ2n) is 7.92. The number of hydrogen-bond acceptors (Lipinski definition) is 6. The van der Waals surface area contributed by atoms with Gasteiger partial charge in [0.15, 0.2) is 5.82 Å². The van der Waals surface area contributed by atoms with Gasteiger partial charge in [-0.15, -0.1) is 0 Å². The van der Waals surface area contributed by atoms with Gasteiger partial charge in [0.05, 0.1) is 18.7 Å². The summed E-state index contributed by atoms with van der Waals surface area (Å²) >= 11 is 1.42. The number of benzene rings is 1.